The van der Waals surface area contributed by atoms with Crippen LogP contribution in [0.25, 0.3) is 0 Å². The van der Waals surface area contributed by atoms with Gasteiger partial charge in [0.15, 0.2) is 5.82 Å². The second kappa shape index (κ2) is 3.31. The first-order chi connectivity index (χ1) is 5.86. The standard InChI is InChI=1S/C8H11N3S/c9-7-8(11-5-4-10-7)12-6-2-1-3-6/h4-6H,1-3H2,(H2,9,10). The summed E-state index contributed by atoms with van der Waals surface area (Å²) in [6.45, 7) is 0. The fraction of sp³-hybridized carbons (Fsp3) is 0.500. The van der Waals surface area contributed by atoms with Gasteiger partial charge in [-0.3, -0.25) is 0 Å². The first-order valence-electron chi connectivity index (χ1n) is 4.09. The van der Waals surface area contributed by atoms with Crippen molar-refractivity contribution in [2.24, 2.45) is 0 Å². The molecule has 0 atom stereocenters. The lowest BCUT2D eigenvalue weighted by molar-refractivity contribution is 0.521. The van der Waals surface area contributed by atoms with Gasteiger partial charge in [-0.1, -0.05) is 18.2 Å². The van der Waals surface area contributed by atoms with Crippen LogP contribution in [0, 0.1) is 0 Å². The summed E-state index contributed by atoms with van der Waals surface area (Å²) in [6, 6.07) is 0. The molecule has 64 valence electrons. The third kappa shape index (κ3) is 1.53. The summed E-state index contributed by atoms with van der Waals surface area (Å²) in [4.78, 5) is 8.16. The van der Waals surface area contributed by atoms with Crippen LogP contribution >= 0.6 is 11.8 Å². The summed E-state index contributed by atoms with van der Waals surface area (Å²) in [5, 5.41) is 1.62. The molecule has 0 amide bonds. The van der Waals surface area contributed by atoms with Crippen LogP contribution in [0.3, 0.4) is 0 Å². The lowest BCUT2D eigenvalue weighted by Gasteiger charge is -2.23. The van der Waals surface area contributed by atoms with Crippen molar-refractivity contribution in [3.05, 3.63) is 12.4 Å². The van der Waals surface area contributed by atoms with Gasteiger partial charge in [0.05, 0.1) is 0 Å². The highest BCUT2D eigenvalue weighted by molar-refractivity contribution is 8.00. The van der Waals surface area contributed by atoms with E-state index in [0.717, 1.165) is 10.3 Å². The fourth-order valence-electron chi connectivity index (χ4n) is 1.07. The van der Waals surface area contributed by atoms with Gasteiger partial charge in [-0.25, -0.2) is 9.97 Å². The molecular formula is C8H11N3S. The van der Waals surface area contributed by atoms with Crippen molar-refractivity contribution >= 4 is 17.6 Å². The van der Waals surface area contributed by atoms with Gasteiger partial charge in [-0.15, -0.1) is 0 Å². The van der Waals surface area contributed by atoms with Crippen molar-refractivity contribution in [3.63, 3.8) is 0 Å². The van der Waals surface area contributed by atoms with E-state index in [9.17, 15) is 0 Å². The molecule has 1 fully saturated rings. The van der Waals surface area contributed by atoms with Gasteiger partial charge in [0, 0.05) is 17.6 Å². The number of hydrogen-bond acceptors (Lipinski definition) is 4. The number of nitrogen functional groups attached to an aromatic ring is 1. The highest BCUT2D eigenvalue weighted by atomic mass is 32.2. The molecular weight excluding hydrogens is 170 g/mol. The number of anilines is 1. The van der Waals surface area contributed by atoms with E-state index in [2.05, 4.69) is 9.97 Å². The van der Waals surface area contributed by atoms with E-state index in [1.807, 2.05) is 0 Å². The number of hydrogen-bond donors (Lipinski definition) is 1. The minimum atomic E-state index is 0.564. The summed E-state index contributed by atoms with van der Waals surface area (Å²) in [6.07, 6.45) is 7.25. The second-order valence-corrected chi connectivity index (χ2v) is 4.21. The molecule has 2 N–H and O–H groups in total. The molecule has 12 heavy (non-hydrogen) atoms. The molecule has 4 heteroatoms. The SMILES string of the molecule is Nc1nccnc1SC1CCC1. The molecule has 0 unspecified atom stereocenters. The Hall–Kier alpha value is -0.770. The molecule has 0 aliphatic heterocycles. The number of nitrogens with two attached hydrogens (primary N) is 1. The van der Waals surface area contributed by atoms with Crippen LogP contribution < -0.4 is 5.73 Å². The monoisotopic (exact) mass is 181 g/mol. The minimum Gasteiger partial charge on any atom is -0.381 e. The summed E-state index contributed by atoms with van der Waals surface area (Å²) >= 11 is 1.76. The Bertz CT molecular complexity index is 273. The van der Waals surface area contributed by atoms with E-state index in [0.29, 0.717) is 5.82 Å². The van der Waals surface area contributed by atoms with Gasteiger partial charge in [0.25, 0.3) is 0 Å². The Morgan fingerprint density at radius 2 is 2.08 bits per heavy atom. The van der Waals surface area contributed by atoms with Crippen LogP contribution in [0.2, 0.25) is 0 Å². The Labute approximate surface area is 75.8 Å². The molecule has 0 saturated heterocycles. The van der Waals surface area contributed by atoms with Gasteiger partial charge in [0.2, 0.25) is 0 Å². The zero-order valence-corrected chi connectivity index (χ0v) is 7.55. The molecule has 0 spiro atoms. The Morgan fingerprint density at radius 1 is 1.33 bits per heavy atom. The molecule has 0 aromatic carbocycles. The smallest absolute Gasteiger partial charge is 0.156 e. The lowest BCUT2D eigenvalue weighted by Crippen LogP contribution is -2.13. The first kappa shape index (κ1) is 7.86. The maximum atomic E-state index is 5.65. The molecule has 0 bridgehead atoms. The van der Waals surface area contributed by atoms with Gasteiger partial charge in [0.1, 0.15) is 5.03 Å². The summed E-state index contributed by atoms with van der Waals surface area (Å²) in [7, 11) is 0. The second-order valence-electron chi connectivity index (χ2n) is 2.92. The fourth-order valence-corrected chi connectivity index (χ4v) is 2.25. The quantitative estimate of drug-likeness (QED) is 0.754. The van der Waals surface area contributed by atoms with Gasteiger partial charge >= 0.3 is 0 Å². The van der Waals surface area contributed by atoms with Crippen molar-refractivity contribution in [3.8, 4) is 0 Å². The molecule has 3 nitrogen and oxygen atoms in total. The van der Waals surface area contributed by atoms with Crippen molar-refractivity contribution in [2.45, 2.75) is 29.5 Å². The predicted octanol–water partition coefficient (Wildman–Crippen LogP) is 1.70. The van der Waals surface area contributed by atoms with Gasteiger partial charge < -0.3 is 5.73 Å². The third-order valence-electron chi connectivity index (χ3n) is 2.02. The largest absolute Gasteiger partial charge is 0.381 e. The van der Waals surface area contributed by atoms with E-state index in [1.165, 1.54) is 19.3 Å². The average Bonchev–Trinajstić information content (AvgIpc) is 2.00. The van der Waals surface area contributed by atoms with Crippen LogP contribution in [0.5, 0.6) is 0 Å². The average molecular weight is 181 g/mol. The molecule has 1 aliphatic carbocycles. The van der Waals surface area contributed by atoms with E-state index in [4.69, 9.17) is 5.73 Å². The lowest BCUT2D eigenvalue weighted by atomic mass is 10.0. The molecule has 0 radical (unpaired) electrons. The van der Waals surface area contributed by atoms with Crippen LogP contribution in [0.4, 0.5) is 5.82 Å². The van der Waals surface area contributed by atoms with Crippen LogP contribution in [-0.4, -0.2) is 15.2 Å². The molecule has 2 rings (SSSR count). The zero-order chi connectivity index (χ0) is 8.39. The topological polar surface area (TPSA) is 51.8 Å². The highest BCUT2D eigenvalue weighted by Gasteiger charge is 2.20. The van der Waals surface area contributed by atoms with Crippen molar-refractivity contribution in [1.29, 1.82) is 0 Å². The van der Waals surface area contributed by atoms with Gasteiger partial charge in [-0.2, -0.15) is 0 Å². The van der Waals surface area contributed by atoms with Gasteiger partial charge in [-0.05, 0) is 12.8 Å². The number of nitrogens with zero attached hydrogens (tertiary/aromatic N) is 2. The highest BCUT2D eigenvalue weighted by Crippen LogP contribution is 2.36. The van der Waals surface area contributed by atoms with Crippen LogP contribution in [0.1, 0.15) is 19.3 Å². The molecule has 1 aliphatic rings. The first-order valence-corrected chi connectivity index (χ1v) is 4.97. The van der Waals surface area contributed by atoms with Crippen molar-refractivity contribution in [2.75, 3.05) is 5.73 Å². The van der Waals surface area contributed by atoms with Crippen LogP contribution in [0.15, 0.2) is 17.4 Å². The molecule has 1 saturated carbocycles. The number of rotatable bonds is 2. The van der Waals surface area contributed by atoms with E-state index < -0.39 is 0 Å². The summed E-state index contributed by atoms with van der Waals surface area (Å²) < 4.78 is 0. The molecule has 1 aromatic rings. The predicted molar refractivity (Wildman–Crippen MR) is 49.9 cm³/mol. The summed E-state index contributed by atoms with van der Waals surface area (Å²) in [5.41, 5.74) is 5.65. The normalized spacial score (nSPS) is 17.3. The Balaban J connectivity index is 2.06. The maximum absolute atomic E-state index is 5.65. The van der Waals surface area contributed by atoms with E-state index >= 15 is 0 Å². The minimum absolute atomic E-state index is 0.564. The Kier molecular flexibility index (Phi) is 2.17. The summed E-state index contributed by atoms with van der Waals surface area (Å²) in [5.74, 6) is 0.564. The van der Waals surface area contributed by atoms with Crippen molar-refractivity contribution in [1.82, 2.24) is 9.97 Å². The number of aromatic nitrogens is 2. The van der Waals surface area contributed by atoms with E-state index in [1.54, 1.807) is 24.2 Å². The maximum Gasteiger partial charge on any atom is 0.156 e. The third-order valence-corrected chi connectivity index (χ3v) is 3.36. The molecule has 1 aromatic heterocycles. The van der Waals surface area contributed by atoms with Crippen molar-refractivity contribution < 1.29 is 0 Å². The number of thioether (sulfide) groups is 1. The van der Waals surface area contributed by atoms with E-state index in [-0.39, 0.29) is 0 Å². The Morgan fingerprint density at radius 3 is 2.67 bits per heavy atom. The zero-order valence-electron chi connectivity index (χ0n) is 6.73. The van der Waals surface area contributed by atoms with Crippen LogP contribution in [-0.2, 0) is 0 Å². The molecule has 1 heterocycles.